The molecule has 0 amide bonds. The molecular formula is C17H30FIN4O2S. The first-order valence-corrected chi connectivity index (χ1v) is 10.4. The molecule has 0 radical (unpaired) electrons. The highest BCUT2D eigenvalue weighted by molar-refractivity contribution is 14.0. The first kappa shape index (κ1) is 25.1. The van der Waals surface area contributed by atoms with Crippen LogP contribution in [0.1, 0.15) is 24.5 Å². The second-order valence-corrected chi connectivity index (χ2v) is 8.40. The Balaban J connectivity index is 0.00000625. The highest BCUT2D eigenvalue weighted by Crippen LogP contribution is 2.15. The third-order valence-electron chi connectivity index (χ3n) is 3.41. The lowest BCUT2D eigenvalue weighted by Gasteiger charge is -2.14. The minimum atomic E-state index is -3.19. The Bertz CT molecular complexity index is 681. The van der Waals surface area contributed by atoms with Gasteiger partial charge in [0.15, 0.2) is 15.8 Å². The van der Waals surface area contributed by atoms with Crippen LogP contribution < -0.4 is 10.6 Å². The van der Waals surface area contributed by atoms with Gasteiger partial charge in [-0.1, -0.05) is 6.07 Å². The number of hydrogen-bond acceptors (Lipinski definition) is 4. The SMILES string of the molecule is CCNC(=NCc1cc(F)ccc1CS(C)(=O)=O)NCCCN(C)C.I. The average Bonchev–Trinajstić information content (AvgIpc) is 2.49. The fourth-order valence-corrected chi connectivity index (χ4v) is 3.12. The summed E-state index contributed by atoms with van der Waals surface area (Å²) in [4.78, 5) is 6.56. The van der Waals surface area contributed by atoms with Gasteiger partial charge in [-0.3, -0.25) is 0 Å². The molecule has 0 spiro atoms. The minimum Gasteiger partial charge on any atom is -0.357 e. The lowest BCUT2D eigenvalue weighted by Crippen LogP contribution is -2.38. The van der Waals surface area contributed by atoms with Crippen LogP contribution in [0.5, 0.6) is 0 Å². The van der Waals surface area contributed by atoms with Crippen molar-refractivity contribution in [3.05, 3.63) is 35.1 Å². The molecule has 0 aliphatic rings. The van der Waals surface area contributed by atoms with Crippen LogP contribution in [0.3, 0.4) is 0 Å². The zero-order chi connectivity index (χ0) is 18.9. The van der Waals surface area contributed by atoms with Crippen molar-refractivity contribution in [2.75, 3.05) is 40.0 Å². The largest absolute Gasteiger partial charge is 0.357 e. The number of hydrogen-bond donors (Lipinski definition) is 2. The van der Waals surface area contributed by atoms with E-state index in [4.69, 9.17) is 0 Å². The van der Waals surface area contributed by atoms with Crippen LogP contribution in [0, 0.1) is 5.82 Å². The lowest BCUT2D eigenvalue weighted by atomic mass is 10.1. The highest BCUT2D eigenvalue weighted by atomic mass is 127. The summed E-state index contributed by atoms with van der Waals surface area (Å²) in [6, 6.07) is 4.14. The monoisotopic (exact) mass is 500 g/mol. The van der Waals surface area contributed by atoms with E-state index in [0.29, 0.717) is 23.6 Å². The van der Waals surface area contributed by atoms with Gasteiger partial charge in [0.25, 0.3) is 0 Å². The molecule has 0 saturated carbocycles. The van der Waals surface area contributed by atoms with Crippen molar-refractivity contribution >= 4 is 39.8 Å². The minimum absolute atomic E-state index is 0. The third kappa shape index (κ3) is 10.9. The summed E-state index contributed by atoms with van der Waals surface area (Å²) >= 11 is 0. The molecule has 0 bridgehead atoms. The molecule has 150 valence electrons. The van der Waals surface area contributed by atoms with Crippen LogP contribution in [-0.4, -0.2) is 59.3 Å². The van der Waals surface area contributed by atoms with E-state index in [9.17, 15) is 12.8 Å². The van der Waals surface area contributed by atoms with Crippen molar-refractivity contribution < 1.29 is 12.8 Å². The Kier molecular flexibility index (Phi) is 12.0. The van der Waals surface area contributed by atoms with E-state index in [2.05, 4.69) is 20.5 Å². The fourth-order valence-electron chi connectivity index (χ4n) is 2.27. The molecule has 1 rings (SSSR count). The van der Waals surface area contributed by atoms with Gasteiger partial charge in [-0.15, -0.1) is 24.0 Å². The van der Waals surface area contributed by atoms with E-state index in [1.54, 1.807) is 0 Å². The summed E-state index contributed by atoms with van der Waals surface area (Å²) in [6.07, 6.45) is 2.14. The summed E-state index contributed by atoms with van der Waals surface area (Å²) in [6.45, 7) is 4.62. The van der Waals surface area contributed by atoms with Gasteiger partial charge in [-0.25, -0.2) is 17.8 Å². The van der Waals surface area contributed by atoms with Gasteiger partial charge in [0.05, 0.1) is 12.3 Å². The third-order valence-corrected chi connectivity index (χ3v) is 4.25. The number of nitrogens with one attached hydrogen (secondary N) is 2. The van der Waals surface area contributed by atoms with Crippen molar-refractivity contribution in [1.29, 1.82) is 0 Å². The summed E-state index contributed by atoms with van der Waals surface area (Å²) in [5.41, 5.74) is 1.16. The second-order valence-electron chi connectivity index (χ2n) is 6.26. The molecule has 0 heterocycles. The number of rotatable bonds is 9. The first-order valence-electron chi connectivity index (χ1n) is 8.33. The molecule has 0 aliphatic heterocycles. The van der Waals surface area contributed by atoms with Gasteiger partial charge in [-0.2, -0.15) is 0 Å². The van der Waals surface area contributed by atoms with E-state index in [1.165, 1.54) is 24.5 Å². The number of halogens is 2. The van der Waals surface area contributed by atoms with Crippen molar-refractivity contribution in [3.8, 4) is 0 Å². The molecule has 0 aliphatic carbocycles. The molecule has 9 heteroatoms. The number of aliphatic imine (C=N–C) groups is 1. The Labute approximate surface area is 173 Å². The Morgan fingerprint density at radius 2 is 1.92 bits per heavy atom. The van der Waals surface area contributed by atoms with Gasteiger partial charge in [-0.05, 0) is 57.2 Å². The van der Waals surface area contributed by atoms with Gasteiger partial charge >= 0.3 is 0 Å². The average molecular weight is 500 g/mol. The molecule has 2 N–H and O–H groups in total. The number of benzene rings is 1. The van der Waals surface area contributed by atoms with Crippen molar-refractivity contribution in [3.63, 3.8) is 0 Å². The van der Waals surface area contributed by atoms with Crippen LogP contribution in [0.15, 0.2) is 23.2 Å². The molecule has 6 nitrogen and oxygen atoms in total. The predicted molar refractivity (Wildman–Crippen MR) is 116 cm³/mol. The van der Waals surface area contributed by atoms with Crippen LogP contribution in [0.4, 0.5) is 4.39 Å². The number of guanidine groups is 1. The zero-order valence-corrected chi connectivity index (χ0v) is 19.0. The highest BCUT2D eigenvalue weighted by Gasteiger charge is 2.10. The molecule has 0 unspecified atom stereocenters. The smallest absolute Gasteiger partial charge is 0.191 e. The maximum Gasteiger partial charge on any atom is 0.191 e. The Morgan fingerprint density at radius 3 is 2.50 bits per heavy atom. The summed E-state index contributed by atoms with van der Waals surface area (Å²) in [7, 11) is 0.847. The van der Waals surface area contributed by atoms with E-state index in [1.807, 2.05) is 21.0 Å². The molecule has 1 aromatic rings. The maximum absolute atomic E-state index is 13.5. The first-order chi connectivity index (χ1) is 11.7. The maximum atomic E-state index is 13.5. The van der Waals surface area contributed by atoms with Gasteiger partial charge in [0.2, 0.25) is 0 Å². The van der Waals surface area contributed by atoms with E-state index in [-0.39, 0.29) is 36.3 Å². The molecule has 0 saturated heterocycles. The van der Waals surface area contributed by atoms with Crippen molar-refractivity contribution in [2.24, 2.45) is 4.99 Å². The summed E-state index contributed by atoms with van der Waals surface area (Å²) < 4.78 is 36.6. The van der Waals surface area contributed by atoms with Gasteiger partial charge in [0, 0.05) is 19.3 Å². The molecule has 0 atom stereocenters. The van der Waals surface area contributed by atoms with E-state index < -0.39 is 15.7 Å². The van der Waals surface area contributed by atoms with E-state index in [0.717, 1.165) is 19.5 Å². The predicted octanol–water partition coefficient (Wildman–Crippen LogP) is 2.00. The van der Waals surface area contributed by atoms with E-state index >= 15 is 0 Å². The zero-order valence-electron chi connectivity index (χ0n) is 15.9. The molecule has 26 heavy (non-hydrogen) atoms. The van der Waals surface area contributed by atoms with Crippen LogP contribution >= 0.6 is 24.0 Å². The molecule has 0 aromatic heterocycles. The van der Waals surface area contributed by atoms with Crippen LogP contribution in [0.2, 0.25) is 0 Å². The normalized spacial score (nSPS) is 12.0. The van der Waals surface area contributed by atoms with Gasteiger partial charge < -0.3 is 15.5 Å². The Hall–Kier alpha value is -0.940. The van der Waals surface area contributed by atoms with Crippen LogP contribution in [-0.2, 0) is 22.1 Å². The number of sulfone groups is 1. The quantitative estimate of drug-likeness (QED) is 0.235. The summed E-state index contributed by atoms with van der Waals surface area (Å²) in [5.74, 6) is 0.118. The molecular weight excluding hydrogens is 470 g/mol. The fraction of sp³-hybridized carbons (Fsp3) is 0.588. The van der Waals surface area contributed by atoms with Crippen molar-refractivity contribution in [2.45, 2.75) is 25.6 Å². The van der Waals surface area contributed by atoms with Crippen molar-refractivity contribution in [1.82, 2.24) is 15.5 Å². The second kappa shape index (κ2) is 12.4. The van der Waals surface area contributed by atoms with Crippen LogP contribution in [0.25, 0.3) is 0 Å². The van der Waals surface area contributed by atoms with Gasteiger partial charge in [0.1, 0.15) is 5.82 Å². The standard InChI is InChI=1S/C17H29FN4O2S.HI/c1-5-19-17(20-9-6-10-22(2)3)21-12-15-11-16(18)8-7-14(15)13-25(4,23)24;/h7-8,11H,5-6,9-10,12-13H2,1-4H3,(H2,19,20,21);1H. The lowest BCUT2D eigenvalue weighted by molar-refractivity contribution is 0.399. The Morgan fingerprint density at radius 1 is 1.23 bits per heavy atom. The summed E-state index contributed by atoms with van der Waals surface area (Å²) in [5, 5.41) is 6.37. The topological polar surface area (TPSA) is 73.8 Å². The molecule has 1 aromatic carbocycles. The molecule has 0 fully saturated rings. The number of nitrogens with zero attached hydrogens (tertiary/aromatic N) is 2.